The zero-order chi connectivity index (χ0) is 16.7. The summed E-state index contributed by atoms with van der Waals surface area (Å²) in [5.74, 6) is -2.28. The molecule has 0 bridgehead atoms. The minimum absolute atomic E-state index is 0.0253. The molecule has 0 amide bonds. The van der Waals surface area contributed by atoms with Gasteiger partial charge >= 0.3 is 11.9 Å². The molecular formula is C17H25NO5. The molecule has 3 aliphatic heterocycles. The Balaban J connectivity index is 1.89. The van der Waals surface area contributed by atoms with Crippen LogP contribution in [0.1, 0.15) is 27.2 Å². The summed E-state index contributed by atoms with van der Waals surface area (Å²) in [5, 5.41) is 9.99. The van der Waals surface area contributed by atoms with Gasteiger partial charge in [-0.3, -0.25) is 14.5 Å². The third kappa shape index (κ3) is 2.90. The molecule has 3 aliphatic rings. The van der Waals surface area contributed by atoms with Gasteiger partial charge in [0.1, 0.15) is 12.7 Å². The van der Waals surface area contributed by atoms with Crippen LogP contribution in [0.2, 0.25) is 0 Å². The van der Waals surface area contributed by atoms with E-state index in [0.29, 0.717) is 0 Å². The summed E-state index contributed by atoms with van der Waals surface area (Å²) < 4.78 is 11.2. The van der Waals surface area contributed by atoms with E-state index in [2.05, 4.69) is 11.0 Å². The Kier molecular flexibility index (Phi) is 4.47. The third-order valence-electron chi connectivity index (χ3n) is 5.58. The molecule has 6 heteroatoms. The maximum absolute atomic E-state index is 12.5. The average molecular weight is 323 g/mol. The minimum Gasteiger partial charge on any atom is -0.461 e. The van der Waals surface area contributed by atoms with E-state index in [-0.39, 0.29) is 30.6 Å². The summed E-state index contributed by atoms with van der Waals surface area (Å²) in [5.41, 5.74) is 1.00. The van der Waals surface area contributed by atoms with E-state index in [1.54, 1.807) is 20.8 Å². The Hall–Kier alpha value is -1.40. The Labute approximate surface area is 136 Å². The van der Waals surface area contributed by atoms with Crippen LogP contribution in [0.4, 0.5) is 0 Å². The average Bonchev–Trinajstić information content (AvgIpc) is 3.06. The van der Waals surface area contributed by atoms with Crippen LogP contribution >= 0.6 is 0 Å². The normalized spacial score (nSPS) is 39.8. The second kappa shape index (κ2) is 6.24. The fraction of sp³-hybridized carbons (Fsp3) is 0.765. The number of rotatable bonds is 1. The zero-order valence-corrected chi connectivity index (χ0v) is 13.9. The number of esters is 2. The van der Waals surface area contributed by atoms with E-state index in [1.807, 2.05) is 0 Å². The molecule has 128 valence electrons. The second-order valence-corrected chi connectivity index (χ2v) is 7.00. The Morgan fingerprint density at radius 2 is 2.04 bits per heavy atom. The smallest absolute Gasteiger partial charge is 0.312 e. The highest BCUT2D eigenvalue weighted by Crippen LogP contribution is 2.34. The van der Waals surface area contributed by atoms with Crippen molar-refractivity contribution in [2.24, 2.45) is 17.8 Å². The number of aliphatic hydroxyl groups excluding tert-OH is 1. The van der Waals surface area contributed by atoms with Crippen LogP contribution < -0.4 is 0 Å². The van der Waals surface area contributed by atoms with Gasteiger partial charge in [-0.2, -0.15) is 0 Å². The van der Waals surface area contributed by atoms with Crippen LogP contribution in [0.5, 0.6) is 0 Å². The topological polar surface area (TPSA) is 76.1 Å². The van der Waals surface area contributed by atoms with Gasteiger partial charge in [0.25, 0.3) is 0 Å². The molecule has 0 aromatic heterocycles. The molecule has 0 aliphatic carbocycles. The van der Waals surface area contributed by atoms with E-state index in [0.717, 1.165) is 25.1 Å². The van der Waals surface area contributed by atoms with Gasteiger partial charge in [0, 0.05) is 13.1 Å². The molecule has 0 spiro atoms. The van der Waals surface area contributed by atoms with Crippen molar-refractivity contribution in [3.05, 3.63) is 11.6 Å². The van der Waals surface area contributed by atoms with Crippen molar-refractivity contribution in [2.45, 2.75) is 45.4 Å². The molecule has 6 atom stereocenters. The van der Waals surface area contributed by atoms with Crippen LogP contribution in [0, 0.1) is 17.8 Å². The summed E-state index contributed by atoms with van der Waals surface area (Å²) in [6, 6.07) is 0.0253. The fourth-order valence-corrected chi connectivity index (χ4v) is 4.01. The summed E-state index contributed by atoms with van der Waals surface area (Å²) in [6.45, 7) is 7.01. The van der Waals surface area contributed by atoms with E-state index in [4.69, 9.17) is 9.47 Å². The molecule has 0 radical (unpaired) electrons. The van der Waals surface area contributed by atoms with Gasteiger partial charge in [0.2, 0.25) is 0 Å². The number of hydrogen-bond donors (Lipinski definition) is 1. The van der Waals surface area contributed by atoms with Crippen LogP contribution in [0.15, 0.2) is 11.6 Å². The number of aliphatic hydroxyl groups is 1. The Morgan fingerprint density at radius 3 is 2.74 bits per heavy atom. The predicted octanol–water partition coefficient (Wildman–Crippen LogP) is 0.738. The lowest BCUT2D eigenvalue weighted by molar-refractivity contribution is -0.160. The quantitative estimate of drug-likeness (QED) is 0.566. The van der Waals surface area contributed by atoms with Gasteiger partial charge in [-0.25, -0.2) is 0 Å². The standard InChI is InChI=1S/C17H25NO5/c1-9-10(2)16(20)23-13-5-7-18-6-4-12(15(13)18)8-22-17(21)14(9)11(3)19/h4,9-11,13-15,19H,5-8H2,1-3H3/t9-,10-,11+,13+,14+,15-/m1/s1. The van der Waals surface area contributed by atoms with Gasteiger partial charge in [0.05, 0.1) is 24.0 Å². The van der Waals surface area contributed by atoms with Gasteiger partial charge in [-0.1, -0.05) is 19.9 Å². The van der Waals surface area contributed by atoms with Crippen LogP contribution in [-0.4, -0.2) is 59.9 Å². The lowest BCUT2D eigenvalue weighted by Gasteiger charge is -2.28. The molecule has 6 nitrogen and oxygen atoms in total. The van der Waals surface area contributed by atoms with E-state index < -0.39 is 23.9 Å². The summed E-state index contributed by atoms with van der Waals surface area (Å²) >= 11 is 0. The molecule has 3 rings (SSSR count). The molecule has 0 aromatic rings. The minimum atomic E-state index is -0.873. The van der Waals surface area contributed by atoms with Crippen molar-refractivity contribution in [3.63, 3.8) is 0 Å². The molecule has 0 unspecified atom stereocenters. The fourth-order valence-electron chi connectivity index (χ4n) is 4.01. The third-order valence-corrected chi connectivity index (χ3v) is 5.58. The van der Waals surface area contributed by atoms with Crippen molar-refractivity contribution >= 4 is 11.9 Å². The second-order valence-electron chi connectivity index (χ2n) is 7.00. The zero-order valence-electron chi connectivity index (χ0n) is 13.9. The highest BCUT2D eigenvalue weighted by molar-refractivity contribution is 5.77. The van der Waals surface area contributed by atoms with E-state index >= 15 is 0 Å². The summed E-state index contributed by atoms with van der Waals surface area (Å²) in [6.07, 6.45) is 1.82. The van der Waals surface area contributed by atoms with Crippen molar-refractivity contribution < 1.29 is 24.2 Å². The number of cyclic esters (lactones) is 1. The lowest BCUT2D eigenvalue weighted by atomic mass is 9.81. The predicted molar refractivity (Wildman–Crippen MR) is 82.4 cm³/mol. The number of nitrogens with zero attached hydrogens (tertiary/aromatic N) is 1. The molecule has 2 fully saturated rings. The monoisotopic (exact) mass is 323 g/mol. The van der Waals surface area contributed by atoms with Crippen LogP contribution in [0.3, 0.4) is 0 Å². The first-order chi connectivity index (χ1) is 10.9. The molecule has 0 saturated carbocycles. The Bertz CT molecular complexity index is 529. The molecule has 23 heavy (non-hydrogen) atoms. The van der Waals surface area contributed by atoms with Gasteiger partial charge in [-0.15, -0.1) is 0 Å². The van der Waals surface area contributed by atoms with Crippen molar-refractivity contribution in [3.8, 4) is 0 Å². The first-order valence-corrected chi connectivity index (χ1v) is 8.38. The van der Waals surface area contributed by atoms with Gasteiger partial charge in [0.15, 0.2) is 0 Å². The highest BCUT2D eigenvalue weighted by Gasteiger charge is 2.45. The molecule has 1 N–H and O–H groups in total. The van der Waals surface area contributed by atoms with Crippen molar-refractivity contribution in [2.75, 3.05) is 19.7 Å². The number of ether oxygens (including phenoxy) is 2. The number of carbonyl (C=O) groups excluding carboxylic acids is 2. The van der Waals surface area contributed by atoms with Crippen LogP contribution in [-0.2, 0) is 19.1 Å². The largest absolute Gasteiger partial charge is 0.461 e. The lowest BCUT2D eigenvalue weighted by Crippen LogP contribution is -2.39. The first kappa shape index (κ1) is 16.5. The SMILES string of the molecule is C[C@H]1[C@@H]([C@H](C)O)C(=O)OCC2=CCN3CC[C@H](OC(=O)[C@@H]1C)[C@@H]23. The van der Waals surface area contributed by atoms with Crippen LogP contribution in [0.25, 0.3) is 0 Å². The highest BCUT2D eigenvalue weighted by atomic mass is 16.5. The summed E-state index contributed by atoms with van der Waals surface area (Å²) in [7, 11) is 0. The molecule has 3 heterocycles. The summed E-state index contributed by atoms with van der Waals surface area (Å²) in [4.78, 5) is 27.2. The maximum Gasteiger partial charge on any atom is 0.312 e. The van der Waals surface area contributed by atoms with Gasteiger partial charge < -0.3 is 14.6 Å². The molecule has 2 saturated heterocycles. The Morgan fingerprint density at radius 1 is 1.30 bits per heavy atom. The molecular weight excluding hydrogens is 298 g/mol. The number of hydrogen-bond acceptors (Lipinski definition) is 6. The number of carbonyl (C=O) groups is 2. The van der Waals surface area contributed by atoms with E-state index in [9.17, 15) is 14.7 Å². The maximum atomic E-state index is 12.5. The molecule has 0 aromatic carbocycles. The van der Waals surface area contributed by atoms with Crippen molar-refractivity contribution in [1.29, 1.82) is 0 Å². The first-order valence-electron chi connectivity index (χ1n) is 8.38. The van der Waals surface area contributed by atoms with Gasteiger partial charge in [-0.05, 0) is 24.8 Å². The van der Waals surface area contributed by atoms with Crippen molar-refractivity contribution in [1.82, 2.24) is 4.90 Å². The van der Waals surface area contributed by atoms with E-state index in [1.165, 1.54) is 0 Å².